The largest absolute Gasteiger partial charge is 2.00 e. The Morgan fingerprint density at radius 3 is 2.15 bits per heavy atom. The van der Waals surface area contributed by atoms with E-state index in [-0.39, 0.29) is 74.8 Å². The van der Waals surface area contributed by atoms with E-state index in [1.165, 1.54) is 25.5 Å². The van der Waals surface area contributed by atoms with E-state index in [9.17, 15) is 35.5 Å². The van der Waals surface area contributed by atoms with Crippen LogP contribution in [0.1, 0.15) is 55.2 Å². The van der Waals surface area contributed by atoms with Crippen molar-refractivity contribution in [3.63, 3.8) is 0 Å². The number of urea groups is 1. The quantitative estimate of drug-likeness (QED) is 0.131. The fourth-order valence-corrected chi connectivity index (χ4v) is 4.35. The number of carbonyl (C=O) groups excluding carboxylic acids is 2. The van der Waals surface area contributed by atoms with Crippen molar-refractivity contribution >= 4 is 18.3 Å². The molecule has 2 aromatic carbocycles. The SMILES string of the molecule is CCO[C-]=O.C[CH-]CN(C(=N)CN1CCO[C@H](O[C@H](C)c2cc(C(F)(F)F)cc(C(F)(F)F)c2)[C@@H]1c1ccc(F)cc1)C(N)=O.[U+2]. The molecule has 0 aliphatic carbocycles. The number of amidine groups is 1. The first kappa shape index (κ1) is 41.3. The third-order valence-electron chi connectivity index (χ3n) is 6.45. The Bertz CT molecular complexity index is 1250. The summed E-state index contributed by atoms with van der Waals surface area (Å²) in [6, 6.07) is 4.63. The second-order valence-electron chi connectivity index (χ2n) is 9.64. The van der Waals surface area contributed by atoms with Gasteiger partial charge in [-0.3, -0.25) is 10.3 Å². The molecular formula is C29H33F7N4O5U. The first-order chi connectivity index (χ1) is 21.0. The van der Waals surface area contributed by atoms with Gasteiger partial charge in [0, 0.05) is 13.2 Å². The zero-order valence-electron chi connectivity index (χ0n) is 25.0. The van der Waals surface area contributed by atoms with Crippen LogP contribution in [0.2, 0.25) is 0 Å². The molecule has 1 saturated heterocycles. The molecule has 0 bridgehead atoms. The summed E-state index contributed by atoms with van der Waals surface area (Å²) in [5, 5.41) is 8.42. The van der Waals surface area contributed by atoms with Crippen molar-refractivity contribution in [3.8, 4) is 0 Å². The Labute approximate surface area is 285 Å². The van der Waals surface area contributed by atoms with Gasteiger partial charge in [-0.05, 0) is 55.3 Å². The van der Waals surface area contributed by atoms with Gasteiger partial charge in [-0.25, -0.2) is 9.18 Å². The molecule has 3 rings (SSSR count). The molecule has 3 N–H and O–H groups in total. The Balaban J connectivity index is 0.00000163. The molecule has 1 fully saturated rings. The van der Waals surface area contributed by atoms with Gasteiger partial charge in [0.15, 0.2) is 6.29 Å². The maximum Gasteiger partial charge on any atom is 2.00 e. The molecule has 0 saturated carbocycles. The Kier molecular flexibility index (Phi) is 16.7. The number of nitrogens with zero attached hydrogens (tertiary/aromatic N) is 2. The number of ether oxygens (including phenoxy) is 3. The molecule has 0 aromatic heterocycles. The number of carbonyl (C=O) groups is 1. The average Bonchev–Trinajstić information content (AvgIpc) is 2.96. The van der Waals surface area contributed by atoms with Crippen LogP contribution in [-0.2, 0) is 31.4 Å². The second kappa shape index (κ2) is 18.6. The first-order valence-electron chi connectivity index (χ1n) is 13.5. The van der Waals surface area contributed by atoms with Crippen LogP contribution >= 0.6 is 0 Å². The van der Waals surface area contributed by atoms with Crippen molar-refractivity contribution in [2.45, 2.75) is 51.6 Å². The minimum atomic E-state index is -5.03. The van der Waals surface area contributed by atoms with E-state index in [0.717, 1.165) is 17.0 Å². The van der Waals surface area contributed by atoms with E-state index < -0.39 is 53.8 Å². The van der Waals surface area contributed by atoms with Gasteiger partial charge in [-0.1, -0.05) is 25.1 Å². The van der Waals surface area contributed by atoms with Crippen LogP contribution in [0.15, 0.2) is 42.5 Å². The molecule has 1 aliphatic heterocycles. The van der Waals surface area contributed by atoms with Crippen LogP contribution in [0.5, 0.6) is 0 Å². The van der Waals surface area contributed by atoms with Crippen molar-refractivity contribution in [1.29, 1.82) is 5.41 Å². The van der Waals surface area contributed by atoms with Gasteiger partial charge in [0.2, 0.25) is 0 Å². The van der Waals surface area contributed by atoms with E-state index in [0.29, 0.717) is 24.3 Å². The zero-order chi connectivity index (χ0) is 33.9. The molecule has 1 heterocycles. The molecule has 2 aromatic rings. The summed E-state index contributed by atoms with van der Waals surface area (Å²) >= 11 is 0. The first-order valence-corrected chi connectivity index (χ1v) is 13.5. The van der Waals surface area contributed by atoms with Crippen LogP contribution in [0.3, 0.4) is 0 Å². The maximum atomic E-state index is 13.7. The van der Waals surface area contributed by atoms with Crippen LogP contribution < -0.4 is 5.73 Å². The molecule has 2 amide bonds. The molecule has 17 heteroatoms. The number of halogens is 7. The number of amides is 2. The zero-order valence-corrected chi connectivity index (χ0v) is 29.2. The third-order valence-corrected chi connectivity index (χ3v) is 6.45. The minimum absolute atomic E-state index is 0. The predicted molar refractivity (Wildman–Crippen MR) is 148 cm³/mol. The predicted octanol–water partition coefficient (Wildman–Crippen LogP) is 6.01. The summed E-state index contributed by atoms with van der Waals surface area (Å²) in [5.41, 5.74) is 2.48. The summed E-state index contributed by atoms with van der Waals surface area (Å²) in [7, 11) is 0. The van der Waals surface area contributed by atoms with Gasteiger partial charge in [0.1, 0.15) is 11.7 Å². The van der Waals surface area contributed by atoms with Crippen LogP contribution in [-0.4, -0.2) is 67.3 Å². The summed E-state index contributed by atoms with van der Waals surface area (Å²) in [6.07, 6.45) is -11.0. The summed E-state index contributed by atoms with van der Waals surface area (Å²) in [6.45, 7) is 6.53. The minimum Gasteiger partial charge on any atom is -0.653 e. The Hall–Kier alpha value is -2.71. The number of morpholine rings is 1. The molecule has 0 unspecified atom stereocenters. The van der Waals surface area contributed by atoms with Gasteiger partial charge in [0.25, 0.3) is 0 Å². The number of primary amides is 1. The van der Waals surface area contributed by atoms with E-state index in [2.05, 4.69) is 4.74 Å². The Morgan fingerprint density at radius 2 is 1.72 bits per heavy atom. The summed E-state index contributed by atoms with van der Waals surface area (Å²) in [5.74, 6) is -0.716. The van der Waals surface area contributed by atoms with Crippen molar-refractivity contribution in [2.24, 2.45) is 5.73 Å². The molecule has 0 spiro atoms. The number of hydrogen-bond acceptors (Lipinski definition) is 7. The average molecular weight is 889 g/mol. The monoisotopic (exact) mass is 888 g/mol. The van der Waals surface area contributed by atoms with Gasteiger partial charge in [-0.2, -0.15) is 33.3 Å². The normalized spacial score (nSPS) is 17.5. The van der Waals surface area contributed by atoms with E-state index in [1.807, 2.05) is 0 Å². The van der Waals surface area contributed by atoms with Crippen LogP contribution in [0, 0.1) is 48.8 Å². The summed E-state index contributed by atoms with van der Waals surface area (Å²) < 4.78 is 110. The molecule has 9 nitrogen and oxygen atoms in total. The fraction of sp³-hybridized carbons (Fsp3) is 0.448. The molecule has 0 radical (unpaired) electrons. The number of nitrogens with one attached hydrogen (secondary N) is 1. The maximum absolute atomic E-state index is 13.7. The van der Waals surface area contributed by atoms with E-state index >= 15 is 0 Å². The van der Waals surface area contributed by atoms with Gasteiger partial charge in [0.05, 0.1) is 36.4 Å². The molecule has 46 heavy (non-hydrogen) atoms. The topological polar surface area (TPSA) is 118 Å². The van der Waals surface area contributed by atoms with E-state index in [4.69, 9.17) is 25.4 Å². The summed E-state index contributed by atoms with van der Waals surface area (Å²) in [4.78, 5) is 23.6. The number of rotatable bonds is 10. The number of benzene rings is 2. The Morgan fingerprint density at radius 1 is 1.15 bits per heavy atom. The van der Waals surface area contributed by atoms with Crippen molar-refractivity contribution < 1.29 is 85.6 Å². The van der Waals surface area contributed by atoms with Gasteiger partial charge in [-0.15, -0.1) is 0 Å². The van der Waals surface area contributed by atoms with Crippen molar-refractivity contribution in [2.75, 3.05) is 32.8 Å². The number of hydrogen-bond donors (Lipinski definition) is 2. The molecule has 252 valence electrons. The second-order valence-corrected chi connectivity index (χ2v) is 9.64. The van der Waals surface area contributed by atoms with E-state index in [1.54, 1.807) is 25.2 Å². The van der Waals surface area contributed by atoms with Crippen molar-refractivity contribution in [3.05, 3.63) is 77.0 Å². The molecular weight excluding hydrogens is 855 g/mol. The third kappa shape index (κ3) is 12.1. The molecule has 3 atom stereocenters. The van der Waals surface area contributed by atoms with Gasteiger partial charge < -0.3 is 36.1 Å². The van der Waals surface area contributed by atoms with Crippen molar-refractivity contribution in [1.82, 2.24) is 9.80 Å². The smallest absolute Gasteiger partial charge is 0.653 e. The number of nitrogens with two attached hydrogens (primary N) is 1. The number of alkyl halides is 6. The van der Waals surface area contributed by atoms with Crippen LogP contribution in [0.4, 0.5) is 35.5 Å². The standard InChI is InChI=1S/C26H28F7N4O3.C3H5O2.U/c1-3-8-37(24(35)38)21(34)14-36-9-10-39-23(22(36)16-4-6-20(27)7-5-16)40-15(2)17-11-18(25(28,29)30)13-19(12-17)26(31,32)33;1-2-5-3-4;/h3-7,11-13,15,22-23,34H,8-10,14H2,1-2H3,(H2,35,38);2H2,1H3;/q2*-1;+2/t15-,22+,23-;;/m1../s1. The van der Waals surface area contributed by atoms with Crippen LogP contribution in [0.25, 0.3) is 0 Å². The molecule has 1 aliphatic rings. The fourth-order valence-electron chi connectivity index (χ4n) is 4.35. The van der Waals surface area contributed by atoms with Gasteiger partial charge >= 0.3 is 49.5 Å².